The Labute approximate surface area is 131 Å². The van der Waals surface area contributed by atoms with Crippen LogP contribution in [0.5, 0.6) is 5.75 Å². The van der Waals surface area contributed by atoms with Gasteiger partial charge in [0.1, 0.15) is 11.3 Å². The summed E-state index contributed by atoms with van der Waals surface area (Å²) in [5, 5.41) is 0.320. The number of methoxy groups -OCH3 is 1. The van der Waals surface area contributed by atoms with Crippen LogP contribution in [-0.4, -0.2) is 19.7 Å². The molecule has 0 saturated heterocycles. The Bertz CT molecular complexity index is 477. The molecule has 1 unspecified atom stereocenters. The maximum absolute atomic E-state index is 12.2. The first-order valence-corrected chi connectivity index (χ1v) is 7.71. The monoisotopic (exact) mass is 313 g/mol. The van der Waals surface area contributed by atoms with Gasteiger partial charge in [0, 0.05) is 6.07 Å². The maximum Gasteiger partial charge on any atom is 0.341 e. The van der Waals surface area contributed by atoms with Gasteiger partial charge in [0.05, 0.1) is 24.4 Å². The van der Waals surface area contributed by atoms with Gasteiger partial charge in [-0.2, -0.15) is 0 Å². The molecule has 0 spiro atoms. The van der Waals surface area contributed by atoms with Crippen molar-refractivity contribution >= 4 is 23.3 Å². The summed E-state index contributed by atoms with van der Waals surface area (Å²) in [7, 11) is 1.48. The highest BCUT2D eigenvalue weighted by Crippen LogP contribution is 2.29. The summed E-state index contributed by atoms with van der Waals surface area (Å²) >= 11 is 5.96. The van der Waals surface area contributed by atoms with Crippen molar-refractivity contribution < 1.29 is 14.3 Å². The lowest BCUT2D eigenvalue weighted by Gasteiger charge is -2.16. The number of carbonyl (C=O) groups is 1. The molecule has 118 valence electrons. The molecule has 21 heavy (non-hydrogen) atoms. The molecule has 0 aromatic heterocycles. The van der Waals surface area contributed by atoms with E-state index in [1.807, 2.05) is 0 Å². The molecule has 1 aromatic rings. The summed E-state index contributed by atoms with van der Waals surface area (Å²) in [6.45, 7) is 4.68. The van der Waals surface area contributed by atoms with Gasteiger partial charge in [0.2, 0.25) is 0 Å². The smallest absolute Gasteiger partial charge is 0.341 e. The number of rotatable bonds is 8. The molecular formula is C16H24ClNO3. The van der Waals surface area contributed by atoms with E-state index in [1.165, 1.54) is 19.2 Å². The van der Waals surface area contributed by atoms with E-state index in [-0.39, 0.29) is 0 Å². The van der Waals surface area contributed by atoms with Crippen LogP contribution < -0.4 is 10.5 Å². The van der Waals surface area contributed by atoms with E-state index in [0.29, 0.717) is 34.5 Å². The first-order valence-electron chi connectivity index (χ1n) is 7.33. The van der Waals surface area contributed by atoms with Crippen molar-refractivity contribution in [3.8, 4) is 5.75 Å². The largest absolute Gasteiger partial charge is 0.496 e. The van der Waals surface area contributed by atoms with Gasteiger partial charge in [0.25, 0.3) is 0 Å². The summed E-state index contributed by atoms with van der Waals surface area (Å²) in [4.78, 5) is 12.2. The molecule has 0 saturated carbocycles. The first kappa shape index (κ1) is 17.6. The fourth-order valence-electron chi connectivity index (χ4n) is 2.07. The summed E-state index contributed by atoms with van der Waals surface area (Å²) in [6.07, 6.45) is 4.35. The normalized spacial score (nSPS) is 12.0. The summed E-state index contributed by atoms with van der Waals surface area (Å²) in [5.74, 6) is 0.344. The second-order valence-electron chi connectivity index (χ2n) is 5.09. The van der Waals surface area contributed by atoms with Crippen molar-refractivity contribution in [2.24, 2.45) is 5.92 Å². The summed E-state index contributed by atoms with van der Waals surface area (Å²) in [5.41, 5.74) is 6.38. The van der Waals surface area contributed by atoms with E-state index >= 15 is 0 Å². The van der Waals surface area contributed by atoms with Crippen molar-refractivity contribution in [3.63, 3.8) is 0 Å². The molecule has 1 atom stereocenters. The Morgan fingerprint density at radius 1 is 1.38 bits per heavy atom. The lowest BCUT2D eigenvalue weighted by molar-refractivity contribution is 0.0424. The minimum Gasteiger partial charge on any atom is -0.496 e. The van der Waals surface area contributed by atoms with Gasteiger partial charge in [0.15, 0.2) is 0 Å². The van der Waals surface area contributed by atoms with E-state index in [2.05, 4.69) is 13.8 Å². The Morgan fingerprint density at radius 2 is 2.10 bits per heavy atom. The highest BCUT2D eigenvalue weighted by atomic mass is 35.5. The van der Waals surface area contributed by atoms with Crippen molar-refractivity contribution in [3.05, 3.63) is 22.7 Å². The van der Waals surface area contributed by atoms with Crippen molar-refractivity contribution in [1.82, 2.24) is 0 Å². The number of anilines is 1. The average molecular weight is 314 g/mol. The van der Waals surface area contributed by atoms with E-state index < -0.39 is 5.97 Å². The molecule has 0 radical (unpaired) electrons. The molecule has 1 aromatic carbocycles. The predicted octanol–water partition coefficient (Wildman–Crippen LogP) is 4.30. The van der Waals surface area contributed by atoms with E-state index in [4.69, 9.17) is 26.8 Å². The number of unbranched alkanes of at least 4 members (excludes halogenated alkanes) is 1. The number of esters is 1. The van der Waals surface area contributed by atoms with Crippen molar-refractivity contribution in [2.45, 2.75) is 39.5 Å². The standard InChI is InChI=1S/C16H24ClNO3/c1-4-6-7-11(5-2)10-21-16(19)12-8-13(17)14(18)9-15(12)20-3/h8-9,11H,4-7,10,18H2,1-3H3. The number of halogens is 1. The Morgan fingerprint density at radius 3 is 2.67 bits per heavy atom. The van der Waals surface area contributed by atoms with E-state index in [1.54, 1.807) is 0 Å². The zero-order chi connectivity index (χ0) is 15.8. The highest BCUT2D eigenvalue weighted by molar-refractivity contribution is 6.33. The van der Waals surface area contributed by atoms with Gasteiger partial charge in [-0.1, -0.05) is 44.7 Å². The van der Waals surface area contributed by atoms with Crippen LogP contribution in [0.1, 0.15) is 49.9 Å². The van der Waals surface area contributed by atoms with Crippen LogP contribution in [0.2, 0.25) is 5.02 Å². The molecule has 0 aliphatic carbocycles. The average Bonchev–Trinajstić information content (AvgIpc) is 2.49. The molecule has 5 heteroatoms. The molecule has 0 amide bonds. The van der Waals surface area contributed by atoms with Crippen LogP contribution in [0.3, 0.4) is 0 Å². The quantitative estimate of drug-likeness (QED) is 0.574. The number of benzene rings is 1. The predicted molar refractivity (Wildman–Crippen MR) is 86.0 cm³/mol. The summed E-state index contributed by atoms with van der Waals surface area (Å²) in [6, 6.07) is 3.03. The van der Waals surface area contributed by atoms with Gasteiger partial charge in [-0.25, -0.2) is 4.79 Å². The third-order valence-electron chi connectivity index (χ3n) is 3.53. The van der Waals surface area contributed by atoms with E-state index in [0.717, 1.165) is 25.7 Å². The lowest BCUT2D eigenvalue weighted by atomic mass is 10.0. The number of carbonyl (C=O) groups excluding carboxylic acids is 1. The number of nitrogens with two attached hydrogens (primary N) is 1. The van der Waals surface area contributed by atoms with Crippen LogP contribution >= 0.6 is 11.6 Å². The Kier molecular flexibility index (Phi) is 7.37. The molecule has 0 bridgehead atoms. The van der Waals surface area contributed by atoms with Crippen molar-refractivity contribution in [1.29, 1.82) is 0 Å². The fourth-order valence-corrected chi connectivity index (χ4v) is 2.23. The third kappa shape index (κ3) is 5.12. The molecule has 2 N–H and O–H groups in total. The molecular weight excluding hydrogens is 290 g/mol. The molecule has 0 aliphatic rings. The minimum atomic E-state index is -0.427. The second kappa shape index (κ2) is 8.78. The molecule has 1 rings (SSSR count). The zero-order valence-electron chi connectivity index (χ0n) is 12.9. The molecule has 0 fully saturated rings. The minimum absolute atomic E-state index is 0.307. The van der Waals surface area contributed by atoms with E-state index in [9.17, 15) is 4.79 Å². The number of hydrogen-bond donors (Lipinski definition) is 1. The van der Waals surface area contributed by atoms with Crippen LogP contribution in [0.15, 0.2) is 12.1 Å². The van der Waals surface area contributed by atoms with Crippen LogP contribution in [0, 0.1) is 5.92 Å². The topological polar surface area (TPSA) is 61.5 Å². The Hall–Kier alpha value is -1.42. The third-order valence-corrected chi connectivity index (χ3v) is 3.86. The molecule has 0 aliphatic heterocycles. The maximum atomic E-state index is 12.2. The second-order valence-corrected chi connectivity index (χ2v) is 5.50. The number of nitrogen functional groups attached to an aromatic ring is 1. The van der Waals surface area contributed by atoms with Gasteiger partial charge in [-0.3, -0.25) is 0 Å². The van der Waals surface area contributed by atoms with Gasteiger partial charge in [-0.15, -0.1) is 0 Å². The fraction of sp³-hybridized carbons (Fsp3) is 0.562. The summed E-state index contributed by atoms with van der Waals surface area (Å²) < 4.78 is 10.6. The van der Waals surface area contributed by atoms with Gasteiger partial charge in [-0.05, 0) is 18.4 Å². The molecule has 4 nitrogen and oxygen atoms in total. The lowest BCUT2D eigenvalue weighted by Crippen LogP contribution is -2.15. The molecule has 0 heterocycles. The van der Waals surface area contributed by atoms with Crippen LogP contribution in [0.4, 0.5) is 5.69 Å². The number of hydrogen-bond acceptors (Lipinski definition) is 4. The van der Waals surface area contributed by atoms with Gasteiger partial charge < -0.3 is 15.2 Å². The van der Waals surface area contributed by atoms with Crippen LogP contribution in [-0.2, 0) is 4.74 Å². The Balaban J connectivity index is 2.73. The van der Waals surface area contributed by atoms with Gasteiger partial charge >= 0.3 is 5.97 Å². The van der Waals surface area contributed by atoms with Crippen LogP contribution in [0.25, 0.3) is 0 Å². The van der Waals surface area contributed by atoms with Crippen molar-refractivity contribution in [2.75, 3.05) is 19.5 Å². The zero-order valence-corrected chi connectivity index (χ0v) is 13.7. The highest BCUT2D eigenvalue weighted by Gasteiger charge is 2.18. The SMILES string of the molecule is CCCCC(CC)COC(=O)c1cc(Cl)c(N)cc1OC. The number of ether oxygens (including phenoxy) is 2. The first-order chi connectivity index (χ1) is 10.0.